The number of amides is 5. The minimum atomic E-state index is -4.71. The molecule has 3 fully saturated rings. The number of carbonyl (C=O) groups excluding carboxylic acids is 5. The highest BCUT2D eigenvalue weighted by Crippen LogP contribution is 2.57. The first-order chi connectivity index (χ1) is 31.3. The largest absolute Gasteiger partial charge is 0.495 e. The van der Waals surface area contributed by atoms with E-state index in [0.717, 1.165) is 17.2 Å². The van der Waals surface area contributed by atoms with Crippen molar-refractivity contribution >= 4 is 52.5 Å². The van der Waals surface area contributed by atoms with Crippen molar-refractivity contribution in [3.63, 3.8) is 0 Å². The van der Waals surface area contributed by atoms with Gasteiger partial charge < -0.3 is 30.5 Å². The number of anilines is 2. The van der Waals surface area contributed by atoms with Gasteiger partial charge in [0.05, 0.1) is 23.9 Å². The molecule has 3 saturated heterocycles. The topological polar surface area (TPSA) is 162 Å². The fourth-order valence-corrected chi connectivity index (χ4v) is 10.9. The summed E-state index contributed by atoms with van der Waals surface area (Å²) in [5, 5.41) is 11.7. The Labute approximate surface area is 383 Å². The van der Waals surface area contributed by atoms with E-state index in [2.05, 4.69) is 26.3 Å². The van der Waals surface area contributed by atoms with E-state index in [1.54, 1.807) is 29.2 Å². The first-order valence-corrected chi connectivity index (χ1v) is 22.2. The predicted octanol–water partition coefficient (Wildman–Crippen LogP) is 7.15. The van der Waals surface area contributed by atoms with Crippen LogP contribution in [0.3, 0.4) is 0 Å². The minimum absolute atomic E-state index is 0.0226. The lowest BCUT2D eigenvalue weighted by Crippen LogP contribution is -2.52. The molecule has 18 heteroatoms. The third-order valence-electron chi connectivity index (χ3n) is 13.8. The molecular weight excluding hydrogens is 882 g/mol. The number of fused-ring (bicyclic) bond motifs is 3. The molecule has 4 N–H and O–H groups in total. The number of aromatic nitrogens is 1. The van der Waals surface area contributed by atoms with Crippen LogP contribution in [-0.4, -0.2) is 89.2 Å². The number of imide groups is 1. The number of nitrogens with one attached hydrogen (secondary N) is 4. The minimum Gasteiger partial charge on any atom is -0.495 e. The zero-order chi connectivity index (χ0) is 47.0. The van der Waals surface area contributed by atoms with Crippen LogP contribution in [0.5, 0.6) is 5.75 Å². The third kappa shape index (κ3) is 7.92. The van der Waals surface area contributed by atoms with E-state index in [1.807, 2.05) is 32.9 Å². The van der Waals surface area contributed by atoms with Crippen LogP contribution in [0.15, 0.2) is 66.9 Å². The number of piperidine rings is 1. The van der Waals surface area contributed by atoms with Crippen molar-refractivity contribution in [2.75, 3.05) is 37.4 Å². The van der Waals surface area contributed by atoms with Crippen molar-refractivity contribution in [1.29, 1.82) is 0 Å². The summed E-state index contributed by atoms with van der Waals surface area (Å²) in [5.74, 6) is -3.49. The standard InChI is InChI=1S/C48H48ClF4N7O6/c1-46(2,3)19-37-47(23-55-33-18-36(48(51,52)53)54-20-30(33)47)39(29-6-5-7-31(49)40(29)50)41(57-37)43(63)56-32-11-9-25(17-35(32)66-4)44(64)59-15-14-26(21-59)24-8-10-28-27(16-24)22-60(45(28)65)34-12-13-38(61)58-42(34)62/h5-11,16-18,20,26,34,37,39,41,55,57H,12-15,19,21-23H2,1-4H3,(H,56,63)(H,58,61,62)/t26-,34?,37-,39-,41+,47-/m0/s1. The normalized spacial score (nSPS) is 24.9. The number of methoxy groups -OCH3 is 1. The monoisotopic (exact) mass is 929 g/mol. The summed E-state index contributed by atoms with van der Waals surface area (Å²) >= 11 is 6.36. The fraction of sp³-hybridized carbons (Fsp3) is 0.417. The van der Waals surface area contributed by atoms with Crippen molar-refractivity contribution in [1.82, 2.24) is 25.4 Å². The van der Waals surface area contributed by atoms with E-state index in [9.17, 15) is 37.1 Å². The molecule has 5 amide bonds. The zero-order valence-corrected chi connectivity index (χ0v) is 37.3. The van der Waals surface area contributed by atoms with E-state index in [4.69, 9.17) is 16.3 Å². The number of benzene rings is 3. The van der Waals surface area contributed by atoms with Crippen molar-refractivity contribution in [2.24, 2.45) is 5.41 Å². The van der Waals surface area contributed by atoms with Crippen LogP contribution in [0.4, 0.5) is 28.9 Å². The van der Waals surface area contributed by atoms with Gasteiger partial charge in [-0.15, -0.1) is 0 Å². The summed E-state index contributed by atoms with van der Waals surface area (Å²) in [5.41, 5.74) is 0.938. The molecule has 3 aromatic carbocycles. The van der Waals surface area contributed by atoms with Gasteiger partial charge in [0.2, 0.25) is 17.7 Å². The number of likely N-dealkylation sites (tertiary alicyclic amines) is 1. The fourth-order valence-electron chi connectivity index (χ4n) is 10.7. The van der Waals surface area contributed by atoms with Crippen LogP contribution < -0.4 is 26.0 Å². The number of carbonyl (C=O) groups is 5. The van der Waals surface area contributed by atoms with Gasteiger partial charge in [-0.1, -0.05) is 56.6 Å². The molecule has 346 valence electrons. The molecule has 5 aliphatic heterocycles. The van der Waals surface area contributed by atoms with Gasteiger partial charge in [-0.25, -0.2) is 4.39 Å². The second-order valence-corrected chi connectivity index (χ2v) is 19.5. The molecule has 6 heterocycles. The molecular formula is C48H48ClF4N7O6. The number of alkyl halides is 3. The molecule has 1 aromatic heterocycles. The van der Waals surface area contributed by atoms with Crippen molar-refractivity contribution in [3.8, 4) is 5.75 Å². The number of pyridine rings is 1. The summed E-state index contributed by atoms with van der Waals surface area (Å²) in [6.07, 6.45) is -1.98. The Morgan fingerprint density at radius 1 is 1.03 bits per heavy atom. The molecule has 66 heavy (non-hydrogen) atoms. The molecule has 1 spiro atoms. The zero-order valence-electron chi connectivity index (χ0n) is 36.6. The molecule has 13 nitrogen and oxygen atoms in total. The van der Waals surface area contributed by atoms with Gasteiger partial charge in [0.15, 0.2) is 0 Å². The average Bonchev–Trinajstić information content (AvgIpc) is 4.05. The van der Waals surface area contributed by atoms with Crippen molar-refractivity contribution in [2.45, 2.75) is 94.6 Å². The lowest BCUT2D eigenvalue weighted by molar-refractivity contribution is -0.141. The molecule has 6 atom stereocenters. The molecule has 1 unspecified atom stereocenters. The highest BCUT2D eigenvalue weighted by molar-refractivity contribution is 6.30. The van der Waals surface area contributed by atoms with Gasteiger partial charge in [-0.05, 0) is 77.8 Å². The number of hydrogen-bond acceptors (Lipinski definition) is 9. The molecule has 9 rings (SSSR count). The van der Waals surface area contributed by atoms with Crippen LogP contribution in [0.1, 0.15) is 107 Å². The predicted molar refractivity (Wildman–Crippen MR) is 236 cm³/mol. The lowest BCUT2D eigenvalue weighted by Gasteiger charge is -2.39. The van der Waals surface area contributed by atoms with E-state index in [-0.39, 0.29) is 82.7 Å². The average molecular weight is 930 g/mol. The maximum atomic E-state index is 16.3. The Bertz CT molecular complexity index is 2690. The molecule has 0 bridgehead atoms. The highest BCUT2D eigenvalue weighted by Gasteiger charge is 2.62. The van der Waals surface area contributed by atoms with Crippen LogP contribution in [0, 0.1) is 11.2 Å². The Hall–Kier alpha value is -6.07. The van der Waals surface area contributed by atoms with Crippen molar-refractivity contribution < 1.29 is 46.3 Å². The van der Waals surface area contributed by atoms with Crippen LogP contribution >= 0.6 is 11.6 Å². The van der Waals surface area contributed by atoms with Gasteiger partial charge in [-0.2, -0.15) is 13.2 Å². The van der Waals surface area contributed by atoms with Gasteiger partial charge in [-0.3, -0.25) is 34.3 Å². The van der Waals surface area contributed by atoms with Gasteiger partial charge in [0, 0.05) is 84.5 Å². The maximum Gasteiger partial charge on any atom is 0.433 e. The van der Waals surface area contributed by atoms with E-state index in [1.165, 1.54) is 36.4 Å². The number of hydrogen-bond donors (Lipinski definition) is 4. The molecule has 5 aliphatic rings. The SMILES string of the molecule is COc1cc(C(=O)N2CC[C@H](c3ccc4c(c3)CN(C3CCC(=O)NC3=O)C4=O)C2)ccc1NC(=O)[C@@H]1N[C@@H](CC(C)(C)C)[C@@]2(CNc3cc(C(F)(F)F)ncc32)[C@H]1c1cccc(Cl)c1F. The Kier molecular flexibility index (Phi) is 11.4. The van der Waals surface area contributed by atoms with E-state index >= 15 is 4.39 Å². The Morgan fingerprint density at radius 2 is 1.82 bits per heavy atom. The number of nitrogens with zero attached hydrogens (tertiary/aromatic N) is 3. The number of ether oxygens (including phenoxy) is 1. The van der Waals surface area contributed by atoms with Gasteiger partial charge >= 0.3 is 6.18 Å². The molecule has 4 aromatic rings. The second-order valence-electron chi connectivity index (χ2n) is 19.0. The van der Waals surface area contributed by atoms with Crippen molar-refractivity contribution in [3.05, 3.63) is 117 Å². The first kappa shape index (κ1) is 45.1. The summed E-state index contributed by atoms with van der Waals surface area (Å²) in [7, 11) is 1.40. The Morgan fingerprint density at radius 3 is 2.55 bits per heavy atom. The number of halogens is 5. The summed E-state index contributed by atoms with van der Waals surface area (Å²) in [4.78, 5) is 73.3. The Balaban J connectivity index is 0.953. The van der Waals surface area contributed by atoms with Gasteiger partial charge in [0.25, 0.3) is 11.8 Å². The molecule has 0 aliphatic carbocycles. The van der Waals surface area contributed by atoms with Gasteiger partial charge in [0.1, 0.15) is 23.3 Å². The number of rotatable bonds is 8. The molecule has 0 saturated carbocycles. The summed E-state index contributed by atoms with van der Waals surface area (Å²) < 4.78 is 63.6. The maximum absolute atomic E-state index is 16.3. The second kappa shape index (κ2) is 16.7. The third-order valence-corrected chi connectivity index (χ3v) is 14.1. The first-order valence-electron chi connectivity index (χ1n) is 21.8. The summed E-state index contributed by atoms with van der Waals surface area (Å²) in [6, 6.07) is 13.3. The highest BCUT2D eigenvalue weighted by atomic mass is 35.5. The van der Waals surface area contributed by atoms with Crippen LogP contribution in [0.25, 0.3) is 0 Å². The van der Waals surface area contributed by atoms with E-state index in [0.29, 0.717) is 42.6 Å². The lowest BCUT2D eigenvalue weighted by atomic mass is 9.63. The van der Waals surface area contributed by atoms with Crippen LogP contribution in [-0.2, 0) is 32.5 Å². The van der Waals surface area contributed by atoms with Crippen LogP contribution in [0.2, 0.25) is 5.02 Å². The van der Waals surface area contributed by atoms with E-state index < -0.39 is 59.0 Å². The summed E-state index contributed by atoms with van der Waals surface area (Å²) in [6.45, 7) is 7.20. The quantitative estimate of drug-likeness (QED) is 0.106. The smallest absolute Gasteiger partial charge is 0.433 e. The molecule has 0 radical (unpaired) electrons.